The summed E-state index contributed by atoms with van der Waals surface area (Å²) in [4.78, 5) is 10.5. The molecule has 1 aliphatic rings. The highest BCUT2D eigenvalue weighted by Crippen LogP contribution is 2.43. The van der Waals surface area contributed by atoms with Gasteiger partial charge >= 0.3 is 5.97 Å². The van der Waals surface area contributed by atoms with Gasteiger partial charge in [0.1, 0.15) is 0 Å². The summed E-state index contributed by atoms with van der Waals surface area (Å²) in [6.45, 7) is 4.77. The first-order chi connectivity index (χ1) is 9.96. The number of carboxylic acid groups (broad SMARTS) is 1. The van der Waals surface area contributed by atoms with Gasteiger partial charge in [0.05, 0.1) is 0 Å². The van der Waals surface area contributed by atoms with Crippen LogP contribution in [0.4, 0.5) is 0 Å². The second-order valence-electron chi connectivity index (χ2n) is 7.30. The van der Waals surface area contributed by atoms with Crippen LogP contribution in [0.1, 0.15) is 75.8 Å². The zero-order chi connectivity index (χ0) is 15.3. The van der Waals surface area contributed by atoms with Crippen LogP contribution in [0.5, 0.6) is 0 Å². The van der Waals surface area contributed by atoms with Crippen LogP contribution in [0.2, 0.25) is 0 Å². The lowest BCUT2D eigenvalue weighted by molar-refractivity contribution is -0.137. The van der Waals surface area contributed by atoms with Crippen LogP contribution in [0.15, 0.2) is 24.3 Å². The molecule has 2 nitrogen and oxygen atoms in total. The molecule has 1 N–H and O–H groups in total. The van der Waals surface area contributed by atoms with Crippen LogP contribution in [0.25, 0.3) is 0 Å². The Labute approximate surface area is 128 Å². The smallest absolute Gasteiger partial charge is 0.303 e. The molecule has 1 aromatic rings. The van der Waals surface area contributed by atoms with Crippen molar-refractivity contribution in [3.63, 3.8) is 0 Å². The number of benzene rings is 1. The Bertz CT molecular complexity index is 459. The number of hydrogen-bond donors (Lipinski definition) is 1. The molecule has 1 atom stereocenters. The van der Waals surface area contributed by atoms with Gasteiger partial charge in [0, 0.05) is 6.42 Å². The molecule has 1 aliphatic carbocycles. The van der Waals surface area contributed by atoms with Crippen molar-refractivity contribution < 1.29 is 9.90 Å². The molecule has 2 rings (SSSR count). The molecule has 0 bridgehead atoms. The van der Waals surface area contributed by atoms with E-state index in [0.717, 1.165) is 25.2 Å². The highest BCUT2D eigenvalue weighted by molar-refractivity contribution is 5.66. The molecule has 116 valence electrons. The zero-order valence-corrected chi connectivity index (χ0v) is 13.4. The van der Waals surface area contributed by atoms with Crippen molar-refractivity contribution in [1.29, 1.82) is 0 Å². The minimum Gasteiger partial charge on any atom is -0.481 e. The first kappa shape index (κ1) is 16.1. The Balaban J connectivity index is 1.85. The van der Waals surface area contributed by atoms with E-state index in [2.05, 4.69) is 38.1 Å². The van der Waals surface area contributed by atoms with Gasteiger partial charge in [0.2, 0.25) is 0 Å². The molecule has 1 fully saturated rings. The van der Waals surface area contributed by atoms with E-state index in [1.807, 2.05) is 0 Å². The van der Waals surface area contributed by atoms with E-state index in [-0.39, 0.29) is 6.42 Å². The van der Waals surface area contributed by atoms with Crippen LogP contribution in [-0.4, -0.2) is 11.1 Å². The molecular weight excluding hydrogens is 260 g/mol. The normalized spacial score (nSPS) is 21.1. The monoisotopic (exact) mass is 288 g/mol. The minimum absolute atomic E-state index is 0.287. The molecule has 0 radical (unpaired) electrons. The Morgan fingerprint density at radius 1 is 1.24 bits per heavy atom. The Morgan fingerprint density at radius 2 is 1.95 bits per heavy atom. The van der Waals surface area contributed by atoms with Gasteiger partial charge in [-0.2, -0.15) is 0 Å². The van der Waals surface area contributed by atoms with Gasteiger partial charge in [0.25, 0.3) is 0 Å². The number of aryl methyl sites for hydroxylation is 1. The number of unbranched alkanes of at least 4 members (excludes halogenated alkanes) is 1. The predicted molar refractivity (Wildman–Crippen MR) is 86.6 cm³/mol. The molecule has 0 aliphatic heterocycles. The van der Waals surface area contributed by atoms with Gasteiger partial charge in [-0.3, -0.25) is 4.79 Å². The number of carboxylic acids is 1. The highest BCUT2D eigenvalue weighted by Gasteiger charge is 2.28. The Hall–Kier alpha value is -1.31. The van der Waals surface area contributed by atoms with E-state index in [1.54, 1.807) is 0 Å². The average molecular weight is 288 g/mol. The average Bonchev–Trinajstić information content (AvgIpc) is 2.43. The quantitative estimate of drug-likeness (QED) is 0.733. The van der Waals surface area contributed by atoms with E-state index in [0.29, 0.717) is 5.41 Å². The number of hydrogen-bond acceptors (Lipinski definition) is 1. The van der Waals surface area contributed by atoms with Crippen molar-refractivity contribution in [3.8, 4) is 0 Å². The van der Waals surface area contributed by atoms with Crippen molar-refractivity contribution in [2.45, 2.75) is 71.1 Å². The first-order valence-electron chi connectivity index (χ1n) is 8.27. The fourth-order valence-electron chi connectivity index (χ4n) is 3.54. The van der Waals surface area contributed by atoms with Gasteiger partial charge < -0.3 is 5.11 Å². The molecule has 21 heavy (non-hydrogen) atoms. The van der Waals surface area contributed by atoms with Crippen LogP contribution < -0.4 is 0 Å². The third-order valence-corrected chi connectivity index (χ3v) is 4.76. The maximum Gasteiger partial charge on any atom is 0.303 e. The predicted octanol–water partition coefficient (Wildman–Crippen LogP) is 5.17. The summed E-state index contributed by atoms with van der Waals surface area (Å²) >= 11 is 0. The molecule has 0 aromatic heterocycles. The van der Waals surface area contributed by atoms with Crippen LogP contribution in [0.3, 0.4) is 0 Å². The topological polar surface area (TPSA) is 37.3 Å². The lowest BCUT2D eigenvalue weighted by Gasteiger charge is -2.35. The second kappa shape index (κ2) is 7.11. The summed E-state index contributed by atoms with van der Waals surface area (Å²) in [5.41, 5.74) is 3.30. The summed E-state index contributed by atoms with van der Waals surface area (Å²) in [5.74, 6) is 0.0278. The molecule has 1 aromatic carbocycles. The van der Waals surface area contributed by atoms with Gasteiger partial charge in [-0.05, 0) is 61.0 Å². The van der Waals surface area contributed by atoms with Gasteiger partial charge in [0.15, 0.2) is 0 Å². The second-order valence-corrected chi connectivity index (χ2v) is 7.30. The lowest BCUT2D eigenvalue weighted by atomic mass is 9.70. The highest BCUT2D eigenvalue weighted by atomic mass is 16.4. The van der Waals surface area contributed by atoms with Crippen LogP contribution in [-0.2, 0) is 11.2 Å². The maximum absolute atomic E-state index is 10.5. The lowest BCUT2D eigenvalue weighted by Crippen LogP contribution is -2.21. The van der Waals surface area contributed by atoms with Crippen molar-refractivity contribution >= 4 is 5.97 Å². The summed E-state index contributed by atoms with van der Waals surface area (Å²) in [6.07, 6.45) is 8.32. The third-order valence-electron chi connectivity index (χ3n) is 4.76. The molecular formula is C19H28O2. The zero-order valence-electron chi connectivity index (χ0n) is 13.4. The largest absolute Gasteiger partial charge is 0.481 e. The summed E-state index contributed by atoms with van der Waals surface area (Å²) < 4.78 is 0. The summed E-state index contributed by atoms with van der Waals surface area (Å²) in [7, 11) is 0. The fraction of sp³-hybridized carbons (Fsp3) is 0.632. The number of carbonyl (C=O) groups is 1. The maximum atomic E-state index is 10.5. The molecule has 0 spiro atoms. The molecule has 1 saturated carbocycles. The number of rotatable bonds is 6. The summed E-state index contributed by atoms with van der Waals surface area (Å²) in [6, 6.07) is 9.05. The van der Waals surface area contributed by atoms with E-state index >= 15 is 0 Å². The van der Waals surface area contributed by atoms with Crippen molar-refractivity contribution in [1.82, 2.24) is 0 Å². The van der Waals surface area contributed by atoms with Crippen molar-refractivity contribution in [2.75, 3.05) is 0 Å². The van der Waals surface area contributed by atoms with E-state index in [4.69, 9.17) is 5.11 Å². The fourth-order valence-corrected chi connectivity index (χ4v) is 3.54. The van der Waals surface area contributed by atoms with Crippen LogP contribution in [0, 0.1) is 5.41 Å². The Morgan fingerprint density at radius 3 is 2.57 bits per heavy atom. The molecule has 2 heteroatoms. The molecule has 0 heterocycles. The minimum atomic E-state index is -0.690. The first-order valence-corrected chi connectivity index (χ1v) is 8.27. The summed E-state index contributed by atoms with van der Waals surface area (Å²) in [5, 5.41) is 8.63. The molecule has 0 saturated heterocycles. The van der Waals surface area contributed by atoms with Gasteiger partial charge in [-0.25, -0.2) is 0 Å². The third kappa shape index (κ3) is 5.18. The molecule has 0 amide bonds. The van der Waals surface area contributed by atoms with E-state index < -0.39 is 5.97 Å². The van der Waals surface area contributed by atoms with Gasteiger partial charge in [-0.15, -0.1) is 0 Å². The van der Waals surface area contributed by atoms with Crippen molar-refractivity contribution in [2.24, 2.45) is 5.41 Å². The van der Waals surface area contributed by atoms with Crippen molar-refractivity contribution in [3.05, 3.63) is 35.4 Å². The number of aliphatic carboxylic acids is 1. The van der Waals surface area contributed by atoms with E-state index in [9.17, 15) is 4.79 Å². The van der Waals surface area contributed by atoms with Gasteiger partial charge in [-0.1, -0.05) is 44.5 Å². The van der Waals surface area contributed by atoms with Crippen LogP contribution >= 0.6 is 0 Å². The molecule has 1 unspecified atom stereocenters. The SMILES string of the molecule is CC1(C)CCCC(c2ccc(CCCCC(=O)O)cc2)C1. The standard InChI is InChI=1S/C19H28O2/c1-19(2)13-5-7-17(14-19)16-11-9-15(10-12-16)6-3-4-8-18(20)21/h9-12,17H,3-8,13-14H2,1-2H3,(H,20,21). The van der Waals surface area contributed by atoms with E-state index in [1.165, 1.54) is 36.8 Å². The Kier molecular flexibility index (Phi) is 5.44.